The Morgan fingerprint density at radius 1 is 1.39 bits per heavy atom. The summed E-state index contributed by atoms with van der Waals surface area (Å²) in [5.41, 5.74) is 0.849. The van der Waals surface area contributed by atoms with E-state index in [1.165, 1.54) is 12.1 Å². The van der Waals surface area contributed by atoms with Crippen molar-refractivity contribution in [2.24, 2.45) is 0 Å². The van der Waals surface area contributed by atoms with Crippen molar-refractivity contribution >= 4 is 21.7 Å². The van der Waals surface area contributed by atoms with Crippen LogP contribution in [0.4, 0.5) is 5.69 Å². The van der Waals surface area contributed by atoms with E-state index in [9.17, 15) is 13.2 Å². The normalized spacial score (nSPS) is 11.2. The number of aromatic carboxylic acids is 1. The van der Waals surface area contributed by atoms with Crippen LogP contribution < -0.4 is 4.72 Å². The molecular weight excluding hydrogens is 254 g/mol. The number of hydrogen-bond acceptors (Lipinski definition) is 3. The molecule has 0 saturated carbocycles. The topological polar surface area (TPSA) is 83.5 Å². The molecular formula is C12H17NO4S. The van der Waals surface area contributed by atoms with E-state index in [0.29, 0.717) is 17.7 Å². The summed E-state index contributed by atoms with van der Waals surface area (Å²) in [6.07, 6.45) is 1.36. The van der Waals surface area contributed by atoms with E-state index < -0.39 is 16.0 Å². The van der Waals surface area contributed by atoms with Gasteiger partial charge in [0.15, 0.2) is 0 Å². The van der Waals surface area contributed by atoms with Gasteiger partial charge in [0, 0.05) is 0 Å². The number of carboxylic acid groups (broad SMARTS) is 1. The molecule has 1 rings (SSSR count). The number of nitrogens with one attached hydrogen (secondary N) is 1. The van der Waals surface area contributed by atoms with E-state index in [1.807, 2.05) is 6.92 Å². The van der Waals surface area contributed by atoms with Crippen LogP contribution >= 0.6 is 0 Å². The highest BCUT2D eigenvalue weighted by atomic mass is 32.2. The molecule has 2 N–H and O–H groups in total. The third-order valence-corrected chi connectivity index (χ3v) is 3.95. The maximum Gasteiger partial charge on any atom is 0.336 e. The van der Waals surface area contributed by atoms with Crippen molar-refractivity contribution in [1.29, 1.82) is 0 Å². The third-order valence-electron chi connectivity index (χ3n) is 2.60. The molecule has 6 heteroatoms. The first-order valence-corrected chi connectivity index (χ1v) is 7.36. The van der Waals surface area contributed by atoms with E-state index in [4.69, 9.17) is 5.11 Å². The van der Waals surface area contributed by atoms with Crippen LogP contribution in [0.25, 0.3) is 0 Å². The van der Waals surface area contributed by atoms with Gasteiger partial charge in [-0.15, -0.1) is 0 Å². The van der Waals surface area contributed by atoms with Gasteiger partial charge in [-0.1, -0.05) is 19.4 Å². The van der Waals surface area contributed by atoms with Crippen LogP contribution in [-0.4, -0.2) is 25.2 Å². The standard InChI is InChI=1S/C12H17NO4S/c1-3-4-8-18(16,17)13-11-7-5-6-10(9(11)2)12(14)15/h5-7,13H,3-4,8H2,1-2H3,(H,14,15). The zero-order chi connectivity index (χ0) is 13.8. The fraction of sp³-hybridized carbons (Fsp3) is 0.417. The van der Waals surface area contributed by atoms with E-state index >= 15 is 0 Å². The molecule has 0 spiro atoms. The van der Waals surface area contributed by atoms with E-state index in [0.717, 1.165) is 6.42 Å². The zero-order valence-electron chi connectivity index (χ0n) is 10.4. The molecule has 0 fully saturated rings. The quantitative estimate of drug-likeness (QED) is 0.831. The summed E-state index contributed by atoms with van der Waals surface area (Å²) in [5, 5.41) is 8.95. The molecule has 0 aliphatic heterocycles. The Balaban J connectivity index is 2.98. The Morgan fingerprint density at radius 2 is 2.06 bits per heavy atom. The Bertz CT molecular complexity index is 537. The molecule has 18 heavy (non-hydrogen) atoms. The van der Waals surface area contributed by atoms with E-state index in [2.05, 4.69) is 4.72 Å². The summed E-state index contributed by atoms with van der Waals surface area (Å²) in [7, 11) is -3.40. The van der Waals surface area contributed by atoms with Crippen molar-refractivity contribution in [1.82, 2.24) is 0 Å². The predicted octanol–water partition coefficient (Wildman–Crippen LogP) is 2.24. The first-order chi connectivity index (χ1) is 8.37. The summed E-state index contributed by atoms with van der Waals surface area (Å²) in [6.45, 7) is 3.49. The number of rotatable bonds is 6. The van der Waals surface area contributed by atoms with Gasteiger partial charge in [-0.2, -0.15) is 0 Å². The first kappa shape index (κ1) is 14.5. The third kappa shape index (κ3) is 3.73. The molecule has 0 aliphatic rings. The summed E-state index contributed by atoms with van der Waals surface area (Å²) >= 11 is 0. The van der Waals surface area contributed by atoms with Crippen molar-refractivity contribution in [2.45, 2.75) is 26.7 Å². The van der Waals surface area contributed by atoms with Crippen LogP contribution in [-0.2, 0) is 10.0 Å². The average molecular weight is 271 g/mol. The highest BCUT2D eigenvalue weighted by Crippen LogP contribution is 2.20. The maximum atomic E-state index is 11.7. The van der Waals surface area contributed by atoms with Gasteiger partial charge in [0.1, 0.15) is 0 Å². The molecule has 0 heterocycles. The minimum Gasteiger partial charge on any atom is -0.478 e. The number of benzene rings is 1. The van der Waals surface area contributed by atoms with Gasteiger partial charge in [-0.3, -0.25) is 4.72 Å². The second-order valence-corrected chi connectivity index (χ2v) is 5.90. The lowest BCUT2D eigenvalue weighted by Gasteiger charge is -2.11. The van der Waals surface area contributed by atoms with Crippen LogP contribution in [0.1, 0.15) is 35.7 Å². The van der Waals surface area contributed by atoms with Crippen LogP contribution in [0.5, 0.6) is 0 Å². The fourth-order valence-corrected chi connectivity index (χ4v) is 2.86. The summed E-state index contributed by atoms with van der Waals surface area (Å²) in [4.78, 5) is 10.9. The minimum atomic E-state index is -3.40. The Hall–Kier alpha value is -1.56. The molecule has 1 aromatic carbocycles. The number of anilines is 1. The fourth-order valence-electron chi connectivity index (χ4n) is 1.53. The van der Waals surface area contributed by atoms with Crippen LogP contribution in [0.2, 0.25) is 0 Å². The summed E-state index contributed by atoms with van der Waals surface area (Å²) in [5.74, 6) is -1.03. The van der Waals surface area contributed by atoms with Crippen molar-refractivity contribution < 1.29 is 18.3 Å². The zero-order valence-corrected chi connectivity index (χ0v) is 11.3. The smallest absolute Gasteiger partial charge is 0.336 e. The predicted molar refractivity (Wildman–Crippen MR) is 70.5 cm³/mol. The lowest BCUT2D eigenvalue weighted by molar-refractivity contribution is 0.0696. The lowest BCUT2D eigenvalue weighted by Crippen LogP contribution is -2.18. The largest absolute Gasteiger partial charge is 0.478 e. The molecule has 0 bridgehead atoms. The molecule has 1 aromatic rings. The van der Waals surface area contributed by atoms with E-state index in [1.54, 1.807) is 13.0 Å². The van der Waals surface area contributed by atoms with Crippen LogP contribution in [0, 0.1) is 6.92 Å². The molecule has 0 atom stereocenters. The highest BCUT2D eigenvalue weighted by Gasteiger charge is 2.14. The van der Waals surface area contributed by atoms with Gasteiger partial charge in [0.05, 0.1) is 17.0 Å². The second-order valence-electron chi connectivity index (χ2n) is 4.06. The number of hydrogen-bond donors (Lipinski definition) is 2. The van der Waals surface area contributed by atoms with Gasteiger partial charge >= 0.3 is 5.97 Å². The molecule has 0 unspecified atom stereocenters. The molecule has 0 saturated heterocycles. The Kier molecular flexibility index (Phi) is 4.72. The van der Waals surface area contributed by atoms with Crippen molar-refractivity contribution in [3.05, 3.63) is 29.3 Å². The molecule has 0 aliphatic carbocycles. The summed E-state index contributed by atoms with van der Waals surface area (Å²) in [6, 6.07) is 4.53. The van der Waals surface area contributed by atoms with Crippen LogP contribution in [0.3, 0.4) is 0 Å². The second kappa shape index (κ2) is 5.86. The van der Waals surface area contributed by atoms with Gasteiger partial charge in [-0.05, 0) is 31.0 Å². The number of unbranched alkanes of at least 4 members (excludes halogenated alkanes) is 1. The molecule has 0 radical (unpaired) electrons. The molecule has 0 aromatic heterocycles. The first-order valence-electron chi connectivity index (χ1n) is 5.70. The number of carboxylic acids is 1. The van der Waals surface area contributed by atoms with Gasteiger partial charge in [0.25, 0.3) is 0 Å². The van der Waals surface area contributed by atoms with Crippen molar-refractivity contribution in [3.63, 3.8) is 0 Å². The maximum absolute atomic E-state index is 11.7. The van der Waals surface area contributed by atoms with Gasteiger partial charge in [-0.25, -0.2) is 13.2 Å². The molecule has 100 valence electrons. The highest BCUT2D eigenvalue weighted by molar-refractivity contribution is 7.92. The molecule has 5 nitrogen and oxygen atoms in total. The van der Waals surface area contributed by atoms with E-state index in [-0.39, 0.29) is 11.3 Å². The van der Waals surface area contributed by atoms with Crippen molar-refractivity contribution in [2.75, 3.05) is 10.5 Å². The van der Waals surface area contributed by atoms with Crippen molar-refractivity contribution in [3.8, 4) is 0 Å². The molecule has 0 amide bonds. The number of sulfonamides is 1. The van der Waals surface area contributed by atoms with Gasteiger partial charge in [0.2, 0.25) is 10.0 Å². The average Bonchev–Trinajstić information content (AvgIpc) is 2.29. The SMILES string of the molecule is CCCCS(=O)(=O)Nc1cccc(C(=O)O)c1C. The number of carbonyl (C=O) groups is 1. The van der Waals surface area contributed by atoms with Crippen LogP contribution in [0.15, 0.2) is 18.2 Å². The monoisotopic (exact) mass is 271 g/mol. The van der Waals surface area contributed by atoms with Gasteiger partial charge < -0.3 is 5.11 Å². The Labute approximate surface area is 107 Å². The lowest BCUT2D eigenvalue weighted by atomic mass is 10.1. The minimum absolute atomic E-state index is 0.0419. The Morgan fingerprint density at radius 3 is 2.61 bits per heavy atom. The summed E-state index contributed by atoms with van der Waals surface area (Å²) < 4.78 is 25.9.